The van der Waals surface area contributed by atoms with Gasteiger partial charge in [0.05, 0.1) is 6.61 Å². The van der Waals surface area contributed by atoms with Gasteiger partial charge in [-0.15, -0.1) is 0 Å². The molecule has 0 spiro atoms. The van der Waals surface area contributed by atoms with E-state index < -0.39 is 0 Å². The minimum Gasteiger partial charge on any atom is -0.395 e. The maximum Gasteiger partial charge on any atom is 0.126 e. The van der Waals surface area contributed by atoms with Crippen LogP contribution >= 0.6 is 0 Å². The Labute approximate surface area is 95.5 Å². The van der Waals surface area contributed by atoms with Crippen LogP contribution in [0.25, 0.3) is 0 Å². The van der Waals surface area contributed by atoms with Crippen LogP contribution in [0.4, 0.5) is 4.39 Å². The summed E-state index contributed by atoms with van der Waals surface area (Å²) in [7, 11) is 0. The van der Waals surface area contributed by atoms with Gasteiger partial charge in [0, 0.05) is 12.1 Å². The molecular formula is C13H18FNO. The van der Waals surface area contributed by atoms with Gasteiger partial charge in [0.2, 0.25) is 0 Å². The summed E-state index contributed by atoms with van der Waals surface area (Å²) in [4.78, 5) is 0. The Morgan fingerprint density at radius 3 is 3.06 bits per heavy atom. The van der Waals surface area contributed by atoms with Gasteiger partial charge < -0.3 is 10.4 Å². The summed E-state index contributed by atoms with van der Waals surface area (Å²) in [6.45, 7) is 2.17. The lowest BCUT2D eigenvalue weighted by atomic mass is 10.1. The van der Waals surface area contributed by atoms with Crippen molar-refractivity contribution in [3.05, 3.63) is 35.1 Å². The number of nitrogens with one attached hydrogen (secondary N) is 1. The van der Waals surface area contributed by atoms with Crippen molar-refractivity contribution in [2.75, 3.05) is 6.61 Å². The first-order valence-electron chi connectivity index (χ1n) is 5.90. The van der Waals surface area contributed by atoms with Crippen molar-refractivity contribution in [3.8, 4) is 0 Å². The van der Waals surface area contributed by atoms with E-state index in [9.17, 15) is 4.39 Å². The Kier molecular flexibility index (Phi) is 3.56. The first-order chi connectivity index (χ1) is 7.76. The Balaban J connectivity index is 2.14. The van der Waals surface area contributed by atoms with Crippen LogP contribution in [-0.4, -0.2) is 17.8 Å². The fraction of sp³-hybridized carbons (Fsp3) is 0.538. The van der Waals surface area contributed by atoms with Gasteiger partial charge in [0.1, 0.15) is 5.82 Å². The third-order valence-corrected chi connectivity index (χ3v) is 3.36. The van der Waals surface area contributed by atoms with Gasteiger partial charge in [-0.2, -0.15) is 0 Å². The highest BCUT2D eigenvalue weighted by molar-refractivity contribution is 5.35. The number of rotatable bonds is 4. The third-order valence-electron chi connectivity index (χ3n) is 3.36. The molecule has 1 unspecified atom stereocenters. The summed E-state index contributed by atoms with van der Waals surface area (Å²) in [5.41, 5.74) is 1.90. The zero-order valence-electron chi connectivity index (χ0n) is 9.54. The minimum absolute atomic E-state index is 0.0983. The molecule has 0 radical (unpaired) electrons. The number of halogens is 1. The van der Waals surface area contributed by atoms with E-state index in [2.05, 4.69) is 5.32 Å². The van der Waals surface area contributed by atoms with Crippen LogP contribution in [0.15, 0.2) is 18.2 Å². The first kappa shape index (κ1) is 11.6. The Hall–Kier alpha value is -0.930. The van der Waals surface area contributed by atoms with Crippen molar-refractivity contribution in [2.45, 2.75) is 38.3 Å². The quantitative estimate of drug-likeness (QED) is 0.820. The minimum atomic E-state index is -0.0983. The highest BCUT2D eigenvalue weighted by atomic mass is 19.1. The lowest BCUT2D eigenvalue weighted by Crippen LogP contribution is -2.34. The van der Waals surface area contributed by atoms with Crippen LogP contribution in [-0.2, 0) is 6.42 Å². The van der Waals surface area contributed by atoms with E-state index in [1.54, 1.807) is 6.07 Å². The molecule has 0 amide bonds. The van der Waals surface area contributed by atoms with Crippen LogP contribution in [0.3, 0.4) is 0 Å². The number of hydrogen-bond donors (Lipinski definition) is 2. The zero-order chi connectivity index (χ0) is 11.5. The van der Waals surface area contributed by atoms with Crippen LogP contribution in [0.5, 0.6) is 0 Å². The van der Waals surface area contributed by atoms with E-state index in [0.29, 0.717) is 0 Å². The fourth-order valence-electron chi connectivity index (χ4n) is 2.37. The fourth-order valence-corrected chi connectivity index (χ4v) is 2.37. The van der Waals surface area contributed by atoms with Gasteiger partial charge in [-0.1, -0.05) is 19.1 Å². The summed E-state index contributed by atoms with van der Waals surface area (Å²) >= 11 is 0. The largest absolute Gasteiger partial charge is 0.395 e. The summed E-state index contributed by atoms with van der Waals surface area (Å²) < 4.78 is 13.5. The average molecular weight is 223 g/mol. The molecule has 0 heterocycles. The van der Waals surface area contributed by atoms with Crippen molar-refractivity contribution in [1.29, 1.82) is 0 Å². The van der Waals surface area contributed by atoms with Crippen LogP contribution in [0.2, 0.25) is 0 Å². The van der Waals surface area contributed by atoms with Gasteiger partial charge in [-0.3, -0.25) is 0 Å². The van der Waals surface area contributed by atoms with E-state index >= 15 is 0 Å². The maximum atomic E-state index is 13.5. The average Bonchev–Trinajstić information content (AvgIpc) is 2.71. The van der Waals surface area contributed by atoms with Crippen LogP contribution in [0, 0.1) is 5.82 Å². The van der Waals surface area contributed by atoms with E-state index in [-0.39, 0.29) is 24.5 Å². The smallest absolute Gasteiger partial charge is 0.126 e. The van der Waals surface area contributed by atoms with E-state index in [4.69, 9.17) is 5.11 Å². The van der Waals surface area contributed by atoms with Crippen molar-refractivity contribution in [3.63, 3.8) is 0 Å². The van der Waals surface area contributed by atoms with Crippen LogP contribution < -0.4 is 5.32 Å². The molecule has 3 heteroatoms. The summed E-state index contributed by atoms with van der Waals surface area (Å²) in [5.74, 6) is -0.0983. The number of aliphatic hydroxyl groups excluding tert-OH is 1. The molecule has 88 valence electrons. The van der Waals surface area contributed by atoms with Crippen molar-refractivity contribution < 1.29 is 9.50 Å². The second-order valence-electron chi connectivity index (χ2n) is 4.35. The highest BCUT2D eigenvalue weighted by Crippen LogP contribution is 2.32. The number of hydrogen-bond acceptors (Lipinski definition) is 2. The zero-order valence-corrected chi connectivity index (χ0v) is 9.54. The summed E-state index contributed by atoms with van der Waals surface area (Å²) in [6.07, 6.45) is 2.60. The third kappa shape index (κ3) is 2.11. The molecule has 16 heavy (non-hydrogen) atoms. The van der Waals surface area contributed by atoms with Crippen molar-refractivity contribution in [2.24, 2.45) is 0 Å². The molecule has 0 saturated carbocycles. The van der Waals surface area contributed by atoms with Gasteiger partial charge in [-0.05, 0) is 36.5 Å². The standard InChI is InChI=1S/C13H18FNO/c1-2-9(8-16)15-13-7-6-10-11(13)4-3-5-12(10)14/h3-5,9,13,15-16H,2,6-8H2,1H3/t9-,13?/m1/s1. The first-order valence-corrected chi connectivity index (χ1v) is 5.90. The molecule has 1 aromatic carbocycles. The SMILES string of the molecule is CC[C@H](CO)NC1CCc2c(F)cccc21. The van der Waals surface area contributed by atoms with Gasteiger partial charge >= 0.3 is 0 Å². The molecule has 0 saturated heterocycles. The normalized spacial score (nSPS) is 20.8. The second kappa shape index (κ2) is 4.93. The maximum absolute atomic E-state index is 13.5. The molecule has 0 bridgehead atoms. The molecule has 1 aromatic rings. The van der Waals surface area contributed by atoms with Crippen molar-refractivity contribution >= 4 is 0 Å². The summed E-state index contributed by atoms with van der Waals surface area (Å²) in [5, 5.41) is 12.5. The lowest BCUT2D eigenvalue weighted by Gasteiger charge is -2.20. The topological polar surface area (TPSA) is 32.3 Å². The Morgan fingerprint density at radius 1 is 1.56 bits per heavy atom. The van der Waals surface area contributed by atoms with Gasteiger partial charge in [0.25, 0.3) is 0 Å². The predicted molar refractivity (Wildman–Crippen MR) is 61.8 cm³/mol. The van der Waals surface area contributed by atoms with E-state index in [1.165, 1.54) is 6.07 Å². The van der Waals surface area contributed by atoms with Gasteiger partial charge in [0.15, 0.2) is 0 Å². The van der Waals surface area contributed by atoms with Crippen LogP contribution in [0.1, 0.15) is 36.9 Å². The van der Waals surface area contributed by atoms with Crippen molar-refractivity contribution in [1.82, 2.24) is 5.32 Å². The molecule has 1 aliphatic rings. The van der Waals surface area contributed by atoms with Gasteiger partial charge in [-0.25, -0.2) is 4.39 Å². The summed E-state index contributed by atoms with van der Waals surface area (Å²) in [6, 6.07) is 5.56. The monoisotopic (exact) mass is 223 g/mol. The molecule has 0 aromatic heterocycles. The molecule has 0 aliphatic heterocycles. The van der Waals surface area contributed by atoms with E-state index in [1.807, 2.05) is 13.0 Å². The number of fused-ring (bicyclic) bond motifs is 1. The number of benzene rings is 1. The Morgan fingerprint density at radius 2 is 2.38 bits per heavy atom. The highest BCUT2D eigenvalue weighted by Gasteiger charge is 2.25. The molecule has 0 fully saturated rings. The second-order valence-corrected chi connectivity index (χ2v) is 4.35. The van der Waals surface area contributed by atoms with E-state index in [0.717, 1.165) is 30.4 Å². The molecule has 2 nitrogen and oxygen atoms in total. The number of aliphatic hydroxyl groups is 1. The lowest BCUT2D eigenvalue weighted by molar-refractivity contribution is 0.227. The molecule has 2 N–H and O–H groups in total. The Bertz CT molecular complexity index is 363. The molecule has 1 aliphatic carbocycles. The molecule has 2 atom stereocenters. The molecular weight excluding hydrogens is 205 g/mol. The predicted octanol–water partition coefficient (Wildman–Crippen LogP) is 2.17. The molecule has 2 rings (SSSR count).